The Balaban J connectivity index is 1.44. The topological polar surface area (TPSA) is 97.7 Å². The van der Waals surface area contributed by atoms with Gasteiger partial charge in [0.1, 0.15) is 5.75 Å². The maximum atomic E-state index is 13.5. The number of nitrogens with zero attached hydrogens (tertiary/aromatic N) is 2. The van der Waals surface area contributed by atoms with Crippen molar-refractivity contribution in [2.75, 3.05) is 16.2 Å². The van der Waals surface area contributed by atoms with Crippen LogP contribution >= 0.6 is 22.9 Å². The molecule has 1 N–H and O–H groups in total. The molecular weight excluding hydrogens is 522 g/mol. The molecule has 0 unspecified atom stereocenters. The fraction of sp³-hybridized carbons (Fsp3) is 0.200. The van der Waals surface area contributed by atoms with Crippen molar-refractivity contribution in [3.63, 3.8) is 0 Å². The molecule has 186 valence electrons. The van der Waals surface area contributed by atoms with Gasteiger partial charge < -0.3 is 10.1 Å². The van der Waals surface area contributed by atoms with Gasteiger partial charge in [-0.3, -0.25) is 18.5 Å². The van der Waals surface area contributed by atoms with Crippen LogP contribution in [0, 0.1) is 0 Å². The minimum atomic E-state index is -3.99. The summed E-state index contributed by atoms with van der Waals surface area (Å²) < 4.78 is 36.5. The van der Waals surface area contributed by atoms with Gasteiger partial charge in [-0.25, -0.2) is 8.42 Å². The van der Waals surface area contributed by atoms with E-state index in [1.54, 1.807) is 47.0 Å². The Hall–Kier alpha value is -3.34. The van der Waals surface area contributed by atoms with E-state index in [2.05, 4.69) is 5.32 Å². The largest absolute Gasteiger partial charge is 0.476 e. The lowest BCUT2D eigenvalue weighted by Crippen LogP contribution is -2.48. The number of sulfonamides is 1. The van der Waals surface area contributed by atoms with Crippen molar-refractivity contribution >= 4 is 60.5 Å². The molecule has 3 aromatic carbocycles. The van der Waals surface area contributed by atoms with Gasteiger partial charge in [-0.2, -0.15) is 0 Å². The van der Waals surface area contributed by atoms with E-state index >= 15 is 0 Å². The average Bonchev–Trinajstić information content (AvgIpc) is 3.18. The molecule has 1 aliphatic rings. The maximum absolute atomic E-state index is 13.5. The molecule has 4 aromatic rings. The van der Waals surface area contributed by atoms with E-state index < -0.39 is 22.0 Å². The quantitative estimate of drug-likeness (QED) is 0.386. The Bertz CT molecular complexity index is 1630. The monoisotopic (exact) mass is 543 g/mol. The van der Waals surface area contributed by atoms with Gasteiger partial charge in [-0.15, -0.1) is 0 Å². The number of hydrogen-bond acceptors (Lipinski definition) is 6. The number of ether oxygens (including phenoxy) is 1. The molecule has 0 bridgehead atoms. The lowest BCUT2D eigenvalue weighted by Gasteiger charge is -2.34. The molecule has 0 fully saturated rings. The first kappa shape index (κ1) is 24.4. The molecule has 8 nitrogen and oxygen atoms in total. The molecule has 0 spiro atoms. The number of anilines is 2. The molecular formula is C25H22ClN3O5S2. The van der Waals surface area contributed by atoms with Crippen LogP contribution in [0.1, 0.15) is 19.9 Å². The highest BCUT2D eigenvalue weighted by Gasteiger charge is 2.37. The van der Waals surface area contributed by atoms with Gasteiger partial charge in [0.05, 0.1) is 27.3 Å². The number of thiazole rings is 1. The van der Waals surface area contributed by atoms with Crippen molar-refractivity contribution in [1.82, 2.24) is 4.57 Å². The van der Waals surface area contributed by atoms with Crippen molar-refractivity contribution in [2.45, 2.75) is 30.9 Å². The molecule has 0 aliphatic carbocycles. The first-order valence-electron chi connectivity index (χ1n) is 11.1. The molecule has 36 heavy (non-hydrogen) atoms. The normalized spacial score (nSPS) is 15.6. The second-order valence-electron chi connectivity index (χ2n) is 8.57. The molecule has 1 aliphatic heterocycles. The predicted molar refractivity (Wildman–Crippen MR) is 142 cm³/mol. The van der Waals surface area contributed by atoms with Crippen molar-refractivity contribution < 1.29 is 17.9 Å². The summed E-state index contributed by atoms with van der Waals surface area (Å²) in [5.74, 6) is -0.222. The molecule has 1 aromatic heterocycles. The number of fused-ring (bicyclic) bond motifs is 2. The Labute approximate surface area is 216 Å². The Morgan fingerprint density at radius 2 is 1.83 bits per heavy atom. The number of rotatable bonds is 5. The van der Waals surface area contributed by atoms with Gasteiger partial charge in [0.2, 0.25) is 0 Å². The van der Waals surface area contributed by atoms with Crippen molar-refractivity contribution in [2.24, 2.45) is 0 Å². The summed E-state index contributed by atoms with van der Waals surface area (Å²) in [6, 6.07) is 17.8. The highest BCUT2D eigenvalue weighted by Crippen LogP contribution is 2.37. The average molecular weight is 544 g/mol. The highest BCUT2D eigenvalue weighted by molar-refractivity contribution is 7.92. The molecule has 0 radical (unpaired) electrons. The number of nitrogens with one attached hydrogen (secondary N) is 1. The van der Waals surface area contributed by atoms with Crippen LogP contribution in [0.2, 0.25) is 5.02 Å². The van der Waals surface area contributed by atoms with Gasteiger partial charge in [0.15, 0.2) is 6.10 Å². The zero-order chi connectivity index (χ0) is 25.6. The summed E-state index contributed by atoms with van der Waals surface area (Å²) >= 11 is 7.04. The molecule has 5 rings (SSSR count). The molecule has 2 heterocycles. The third-order valence-electron chi connectivity index (χ3n) is 5.83. The van der Waals surface area contributed by atoms with E-state index in [9.17, 15) is 18.0 Å². The van der Waals surface area contributed by atoms with Crippen LogP contribution < -0.4 is 19.2 Å². The number of para-hydroxylation sites is 2. The minimum Gasteiger partial charge on any atom is -0.476 e. The SMILES string of the molecule is CC(C)n1c(=O)sc2cc(NC(=O)[C@@H]3CN(S(=O)(=O)c4ccc(Cl)cc4)c4ccccc4O3)ccc21. The smallest absolute Gasteiger partial charge is 0.308 e. The number of hydrogen-bond donors (Lipinski definition) is 1. The van der Waals surface area contributed by atoms with Crippen LogP contribution in [-0.2, 0) is 14.8 Å². The van der Waals surface area contributed by atoms with Crippen LogP contribution in [0.3, 0.4) is 0 Å². The summed E-state index contributed by atoms with van der Waals surface area (Å²) in [4.78, 5) is 25.5. The van der Waals surface area contributed by atoms with Crippen LogP contribution in [0.5, 0.6) is 5.75 Å². The summed E-state index contributed by atoms with van der Waals surface area (Å²) in [5.41, 5.74) is 1.62. The van der Waals surface area contributed by atoms with E-state index in [1.807, 2.05) is 13.8 Å². The molecule has 0 saturated heterocycles. The summed E-state index contributed by atoms with van der Waals surface area (Å²) in [5, 5.41) is 3.22. The number of amides is 1. The van der Waals surface area contributed by atoms with Gasteiger partial charge >= 0.3 is 4.87 Å². The van der Waals surface area contributed by atoms with Crippen molar-refractivity contribution in [3.8, 4) is 5.75 Å². The van der Waals surface area contributed by atoms with Crippen molar-refractivity contribution in [3.05, 3.63) is 81.4 Å². The Morgan fingerprint density at radius 1 is 1.11 bits per heavy atom. The number of carbonyl (C=O) groups is 1. The first-order chi connectivity index (χ1) is 17.1. The van der Waals surface area contributed by atoms with E-state index in [0.29, 0.717) is 16.4 Å². The zero-order valence-electron chi connectivity index (χ0n) is 19.3. The summed E-state index contributed by atoms with van der Waals surface area (Å²) in [6.45, 7) is 3.66. The minimum absolute atomic E-state index is 0.0102. The Kier molecular flexibility index (Phi) is 6.27. The van der Waals surface area contributed by atoms with Gasteiger partial charge in [0.25, 0.3) is 15.9 Å². The van der Waals surface area contributed by atoms with Crippen LogP contribution in [0.25, 0.3) is 10.2 Å². The predicted octanol–water partition coefficient (Wildman–Crippen LogP) is 4.89. The van der Waals surface area contributed by atoms with E-state index in [1.165, 1.54) is 28.6 Å². The summed E-state index contributed by atoms with van der Waals surface area (Å²) in [7, 11) is -3.99. The highest BCUT2D eigenvalue weighted by atomic mass is 35.5. The fourth-order valence-electron chi connectivity index (χ4n) is 4.13. The standard InChI is InChI=1S/C25H22ClN3O5S2/c1-15(2)29-20-12-9-17(13-23(20)35-25(29)31)27-24(30)22-14-28(19-5-3-4-6-21(19)34-22)36(32,33)18-10-7-16(26)8-11-18/h3-13,15,22H,14H2,1-2H3,(H,27,30)/t22-/m0/s1. The van der Waals surface area contributed by atoms with Crippen LogP contribution in [0.4, 0.5) is 11.4 Å². The first-order valence-corrected chi connectivity index (χ1v) is 13.8. The molecule has 11 heteroatoms. The Morgan fingerprint density at radius 3 is 2.56 bits per heavy atom. The third-order valence-corrected chi connectivity index (χ3v) is 8.79. The number of halogens is 1. The van der Waals surface area contributed by atoms with E-state index in [0.717, 1.165) is 21.6 Å². The van der Waals surface area contributed by atoms with E-state index in [-0.39, 0.29) is 28.1 Å². The van der Waals surface area contributed by atoms with Crippen LogP contribution in [-0.4, -0.2) is 31.5 Å². The second-order valence-corrected chi connectivity index (χ2v) is 11.9. The number of benzene rings is 3. The lowest BCUT2D eigenvalue weighted by molar-refractivity contribution is -0.122. The molecule has 0 saturated carbocycles. The molecule has 1 atom stereocenters. The van der Waals surface area contributed by atoms with Crippen LogP contribution in [0.15, 0.2) is 76.4 Å². The van der Waals surface area contributed by atoms with Crippen molar-refractivity contribution in [1.29, 1.82) is 0 Å². The zero-order valence-corrected chi connectivity index (χ0v) is 21.7. The number of carbonyl (C=O) groups excluding carboxylic acids is 1. The fourth-order valence-corrected chi connectivity index (χ4v) is 6.78. The number of aromatic nitrogens is 1. The lowest BCUT2D eigenvalue weighted by atomic mass is 10.2. The maximum Gasteiger partial charge on any atom is 0.308 e. The van der Waals surface area contributed by atoms with E-state index in [4.69, 9.17) is 16.3 Å². The van der Waals surface area contributed by atoms with Gasteiger partial charge in [0, 0.05) is 16.8 Å². The second kappa shape index (κ2) is 9.27. The summed E-state index contributed by atoms with van der Waals surface area (Å²) in [6.07, 6.45) is -1.10. The molecule has 1 amide bonds. The van der Waals surface area contributed by atoms with Gasteiger partial charge in [-0.05, 0) is 68.4 Å². The van der Waals surface area contributed by atoms with Gasteiger partial charge in [-0.1, -0.05) is 35.1 Å². The third kappa shape index (κ3) is 4.36.